The van der Waals surface area contributed by atoms with Gasteiger partial charge in [-0.2, -0.15) is 0 Å². The molecule has 0 amide bonds. The fourth-order valence-corrected chi connectivity index (χ4v) is 6.44. The molecule has 0 saturated heterocycles. The van der Waals surface area contributed by atoms with Crippen molar-refractivity contribution in [3.63, 3.8) is 0 Å². The van der Waals surface area contributed by atoms with Crippen LogP contribution in [0, 0.1) is 0 Å². The quantitative estimate of drug-likeness (QED) is 0.201. The van der Waals surface area contributed by atoms with E-state index < -0.39 is 8.07 Å². The third-order valence-electron chi connectivity index (χ3n) is 6.79. The summed E-state index contributed by atoms with van der Waals surface area (Å²) >= 11 is 0. The highest BCUT2D eigenvalue weighted by molar-refractivity contribution is 6.94. The van der Waals surface area contributed by atoms with Crippen LogP contribution >= 0.6 is 0 Å². The second-order valence-corrected chi connectivity index (χ2v) is 16.0. The Morgan fingerprint density at radius 3 is 2.23 bits per heavy atom. The van der Waals surface area contributed by atoms with Gasteiger partial charge in [-0.1, -0.05) is 105 Å². The molecule has 180 valence electrons. The van der Waals surface area contributed by atoms with Gasteiger partial charge in [0.25, 0.3) is 0 Å². The summed E-state index contributed by atoms with van der Waals surface area (Å²) in [6.45, 7) is 14.1. The number of esters is 1. The van der Waals surface area contributed by atoms with Crippen molar-refractivity contribution in [1.82, 2.24) is 0 Å². The average molecular weight is 481 g/mol. The largest absolute Gasteiger partial charge is 0.462 e. The summed E-state index contributed by atoms with van der Waals surface area (Å²) in [6.07, 6.45) is 5.75. The van der Waals surface area contributed by atoms with Crippen LogP contribution in [0.3, 0.4) is 0 Å². The number of rotatable bonds is 6. The molecule has 1 aliphatic rings. The van der Waals surface area contributed by atoms with Crippen molar-refractivity contribution in [2.75, 3.05) is 6.61 Å². The van der Waals surface area contributed by atoms with Gasteiger partial charge in [-0.15, -0.1) is 0 Å². The van der Waals surface area contributed by atoms with Crippen LogP contribution in [0.1, 0.15) is 65.4 Å². The highest BCUT2D eigenvalue weighted by Crippen LogP contribution is 2.43. The van der Waals surface area contributed by atoms with Crippen LogP contribution < -0.4 is 0 Å². The van der Waals surface area contributed by atoms with Gasteiger partial charge in [0, 0.05) is 0 Å². The fraction of sp³-hybridized carbons (Fsp3) is 0.281. The van der Waals surface area contributed by atoms with E-state index in [1.54, 1.807) is 0 Å². The Morgan fingerprint density at radius 2 is 1.60 bits per heavy atom. The maximum absolute atomic E-state index is 12.1. The van der Waals surface area contributed by atoms with E-state index in [9.17, 15) is 4.79 Å². The smallest absolute Gasteiger partial charge is 0.338 e. The first-order chi connectivity index (χ1) is 16.6. The monoisotopic (exact) mass is 480 g/mol. The summed E-state index contributed by atoms with van der Waals surface area (Å²) in [5.41, 5.74) is 8.45. The Balaban J connectivity index is 1.80. The van der Waals surface area contributed by atoms with E-state index in [1.165, 1.54) is 33.0 Å². The molecule has 35 heavy (non-hydrogen) atoms. The Kier molecular flexibility index (Phi) is 7.00. The number of allylic oxidation sites excluding steroid dienone is 1. The van der Waals surface area contributed by atoms with Gasteiger partial charge in [0.05, 0.1) is 20.2 Å². The minimum absolute atomic E-state index is 0.109. The molecule has 0 N–H and O–H groups in total. The van der Waals surface area contributed by atoms with Crippen molar-refractivity contribution in [3.8, 4) is 0 Å². The third kappa shape index (κ3) is 5.41. The normalized spacial score (nSPS) is 15.3. The van der Waals surface area contributed by atoms with Crippen molar-refractivity contribution in [1.29, 1.82) is 0 Å². The van der Waals surface area contributed by atoms with Crippen LogP contribution in [-0.2, 0) is 10.2 Å². The lowest BCUT2D eigenvalue weighted by Gasteiger charge is -2.33. The summed E-state index contributed by atoms with van der Waals surface area (Å²) in [5, 5.41) is 1.40. The van der Waals surface area contributed by atoms with Crippen molar-refractivity contribution in [3.05, 3.63) is 112 Å². The third-order valence-corrected chi connectivity index (χ3v) is 8.84. The van der Waals surface area contributed by atoms with Gasteiger partial charge in [0.2, 0.25) is 0 Å². The lowest BCUT2D eigenvalue weighted by molar-refractivity contribution is 0.0526. The van der Waals surface area contributed by atoms with Gasteiger partial charge in [-0.3, -0.25) is 0 Å². The van der Waals surface area contributed by atoms with Crippen LogP contribution in [0.15, 0.2) is 78.9 Å². The molecule has 0 aromatic heterocycles. The molecule has 3 heteroatoms. The van der Waals surface area contributed by atoms with Crippen molar-refractivity contribution >= 4 is 30.9 Å². The molecule has 0 radical (unpaired) electrons. The number of carbonyl (C=O) groups is 1. The van der Waals surface area contributed by atoms with E-state index in [0.717, 1.165) is 12.0 Å². The molecular formula is C32H36O2Si. The minimum Gasteiger partial charge on any atom is -0.462 e. The first-order valence-electron chi connectivity index (χ1n) is 12.5. The van der Waals surface area contributed by atoms with Gasteiger partial charge in [0.15, 0.2) is 0 Å². The molecule has 0 atom stereocenters. The zero-order chi connectivity index (χ0) is 25.2. The zero-order valence-electron chi connectivity index (χ0n) is 21.8. The Hall–Kier alpha value is -3.17. The van der Waals surface area contributed by atoms with Gasteiger partial charge in [-0.25, -0.2) is 4.79 Å². The summed E-state index contributed by atoms with van der Waals surface area (Å²) in [4.78, 5) is 12.1. The number of hydrogen-bond acceptors (Lipinski definition) is 2. The maximum atomic E-state index is 12.1. The molecule has 0 heterocycles. The van der Waals surface area contributed by atoms with Crippen molar-refractivity contribution in [2.45, 2.75) is 52.2 Å². The molecule has 0 unspecified atom stereocenters. The maximum Gasteiger partial charge on any atom is 0.338 e. The highest BCUT2D eigenvalue weighted by atomic mass is 28.3. The molecule has 4 rings (SSSR count). The summed E-state index contributed by atoms with van der Waals surface area (Å²) < 4.78 is 5.14. The van der Waals surface area contributed by atoms with Gasteiger partial charge >= 0.3 is 5.97 Å². The van der Waals surface area contributed by atoms with Crippen LogP contribution in [0.2, 0.25) is 19.6 Å². The second-order valence-electron chi connectivity index (χ2n) is 11.0. The topological polar surface area (TPSA) is 26.3 Å². The Labute approximate surface area is 211 Å². The standard InChI is InChI=1S/C32H36O2Si/c1-7-34-31(33)25-15-13-23(14-16-25)21-30(35(4,5)6)26-17-18-29-28(22-26)27(19-20-32(29,2)3)24-11-9-8-10-12-24/h8-19,21-22H,7,20H2,1-6H3/b30-21-. The summed E-state index contributed by atoms with van der Waals surface area (Å²) in [5.74, 6) is -0.272. The van der Waals surface area contributed by atoms with E-state index in [4.69, 9.17) is 4.74 Å². The molecule has 3 aromatic carbocycles. The average Bonchev–Trinajstić information content (AvgIpc) is 2.82. The van der Waals surface area contributed by atoms with Gasteiger partial charge in [0.1, 0.15) is 0 Å². The number of benzene rings is 3. The lowest BCUT2D eigenvalue weighted by atomic mass is 9.72. The van der Waals surface area contributed by atoms with E-state index >= 15 is 0 Å². The lowest BCUT2D eigenvalue weighted by Crippen LogP contribution is -2.25. The first kappa shape index (κ1) is 24.9. The van der Waals surface area contributed by atoms with Crippen LogP contribution in [0.5, 0.6) is 0 Å². The van der Waals surface area contributed by atoms with E-state index in [1.807, 2.05) is 31.2 Å². The van der Waals surface area contributed by atoms with Crippen LogP contribution in [0.4, 0.5) is 0 Å². The van der Waals surface area contributed by atoms with Crippen molar-refractivity contribution < 1.29 is 9.53 Å². The van der Waals surface area contributed by atoms with Crippen LogP contribution in [-0.4, -0.2) is 20.7 Å². The minimum atomic E-state index is -1.69. The fourth-order valence-electron chi connectivity index (χ4n) is 4.82. The summed E-state index contributed by atoms with van der Waals surface area (Å²) in [7, 11) is -1.69. The second kappa shape index (κ2) is 9.83. The molecule has 3 aromatic rings. The van der Waals surface area contributed by atoms with Gasteiger partial charge in [-0.05, 0) is 70.3 Å². The number of ether oxygens (including phenoxy) is 1. The molecule has 2 nitrogen and oxygen atoms in total. The Morgan fingerprint density at radius 1 is 0.943 bits per heavy atom. The molecule has 1 aliphatic carbocycles. The molecule has 0 bridgehead atoms. The molecular weight excluding hydrogens is 444 g/mol. The number of hydrogen-bond donors (Lipinski definition) is 0. The van der Waals surface area contributed by atoms with E-state index in [2.05, 4.69) is 94.2 Å². The van der Waals surface area contributed by atoms with Crippen LogP contribution in [0.25, 0.3) is 16.8 Å². The predicted octanol–water partition coefficient (Wildman–Crippen LogP) is 8.39. The highest BCUT2D eigenvalue weighted by Gasteiger charge is 2.30. The number of fused-ring (bicyclic) bond motifs is 1. The SMILES string of the molecule is CCOC(=O)c1ccc(/C=C(/c2ccc3c(c2)C(c2ccccc2)=CCC3(C)C)[Si](C)(C)C)cc1. The predicted molar refractivity (Wildman–Crippen MR) is 151 cm³/mol. The van der Waals surface area contributed by atoms with E-state index in [0.29, 0.717) is 12.2 Å². The first-order valence-corrected chi connectivity index (χ1v) is 16.0. The Bertz CT molecular complexity index is 1270. The molecule has 0 spiro atoms. The van der Waals surface area contributed by atoms with Gasteiger partial charge < -0.3 is 4.74 Å². The van der Waals surface area contributed by atoms with Crippen molar-refractivity contribution in [2.24, 2.45) is 0 Å². The number of carbonyl (C=O) groups excluding carboxylic acids is 1. The molecule has 0 fully saturated rings. The molecule has 0 aliphatic heterocycles. The zero-order valence-corrected chi connectivity index (χ0v) is 22.8. The summed E-state index contributed by atoms with van der Waals surface area (Å²) in [6, 6.07) is 25.5. The van der Waals surface area contributed by atoms with E-state index in [-0.39, 0.29) is 11.4 Å². The molecule has 0 saturated carbocycles.